The summed E-state index contributed by atoms with van der Waals surface area (Å²) in [4.78, 5) is 14.7. The number of likely N-dealkylation sites (tertiary alicyclic amines) is 1. The summed E-state index contributed by atoms with van der Waals surface area (Å²) in [5.74, 6) is 0.891. The Morgan fingerprint density at radius 2 is 2.16 bits per heavy atom. The molecular weight excluding hydrogens is 318 g/mol. The van der Waals surface area contributed by atoms with Crippen LogP contribution in [0.15, 0.2) is 24.3 Å². The lowest BCUT2D eigenvalue weighted by molar-refractivity contribution is 0.147. The molecule has 1 aromatic carbocycles. The van der Waals surface area contributed by atoms with E-state index in [2.05, 4.69) is 15.5 Å². The third kappa shape index (κ3) is 5.34. The van der Waals surface area contributed by atoms with Gasteiger partial charge in [-0.15, -0.1) is 0 Å². The maximum atomic E-state index is 12.2. The number of hydrogen-bond donors (Lipinski definition) is 3. The minimum absolute atomic E-state index is 0.140. The number of ether oxygens (including phenoxy) is 1. The number of nitrogens with one attached hydrogen (secondary N) is 2. The van der Waals surface area contributed by atoms with Gasteiger partial charge < -0.3 is 25.4 Å². The molecule has 2 amide bonds. The topological polar surface area (TPSA) is 73.8 Å². The summed E-state index contributed by atoms with van der Waals surface area (Å²) in [6.45, 7) is 6.90. The Kier molecular flexibility index (Phi) is 6.15. The molecule has 2 aliphatic heterocycles. The Labute approximate surface area is 149 Å². The fourth-order valence-electron chi connectivity index (χ4n) is 3.65. The van der Waals surface area contributed by atoms with Gasteiger partial charge >= 0.3 is 6.03 Å². The van der Waals surface area contributed by atoms with Gasteiger partial charge in [-0.1, -0.05) is 12.1 Å². The number of benzene rings is 1. The first-order valence-electron chi connectivity index (χ1n) is 9.26. The lowest BCUT2D eigenvalue weighted by Gasteiger charge is -2.33. The fourth-order valence-corrected chi connectivity index (χ4v) is 3.65. The number of hydrogen-bond acceptors (Lipinski definition) is 4. The molecule has 2 saturated heterocycles. The molecule has 0 aromatic heterocycles. The third-order valence-electron chi connectivity index (χ3n) is 5.18. The molecule has 6 heteroatoms. The molecule has 0 saturated carbocycles. The fraction of sp³-hybridized carbons (Fsp3) is 0.632. The standard InChI is InChI=1S/C19H29N3O3/c1-14(16-3-2-4-18(23)11-16)20-19(24)21-17-5-8-22(9-6-17)12-15-7-10-25-13-15/h2-4,11,14-15,17,23H,5-10,12-13H2,1H3,(H2,20,21,24)/t14-,15-/m1/s1. The van der Waals surface area contributed by atoms with Crippen LogP contribution in [0.3, 0.4) is 0 Å². The summed E-state index contributed by atoms with van der Waals surface area (Å²) >= 11 is 0. The maximum Gasteiger partial charge on any atom is 0.315 e. The number of phenolic OH excluding ortho intramolecular Hbond substituents is 1. The van der Waals surface area contributed by atoms with Gasteiger partial charge in [-0.05, 0) is 49.8 Å². The molecule has 25 heavy (non-hydrogen) atoms. The molecule has 0 bridgehead atoms. The monoisotopic (exact) mass is 347 g/mol. The highest BCUT2D eigenvalue weighted by molar-refractivity contribution is 5.74. The predicted molar refractivity (Wildman–Crippen MR) is 96.6 cm³/mol. The van der Waals surface area contributed by atoms with E-state index in [1.807, 2.05) is 13.0 Å². The number of carbonyl (C=O) groups is 1. The van der Waals surface area contributed by atoms with Crippen molar-refractivity contribution in [3.05, 3.63) is 29.8 Å². The molecule has 0 aliphatic carbocycles. The van der Waals surface area contributed by atoms with E-state index >= 15 is 0 Å². The molecule has 2 aliphatic rings. The van der Waals surface area contributed by atoms with E-state index < -0.39 is 0 Å². The molecule has 0 unspecified atom stereocenters. The van der Waals surface area contributed by atoms with E-state index in [4.69, 9.17) is 4.74 Å². The third-order valence-corrected chi connectivity index (χ3v) is 5.18. The Morgan fingerprint density at radius 1 is 1.36 bits per heavy atom. The lowest BCUT2D eigenvalue weighted by Crippen LogP contribution is -2.49. The van der Waals surface area contributed by atoms with Crippen molar-refractivity contribution < 1.29 is 14.6 Å². The van der Waals surface area contributed by atoms with Crippen LogP contribution in [0, 0.1) is 5.92 Å². The average Bonchev–Trinajstić information content (AvgIpc) is 3.09. The maximum absolute atomic E-state index is 12.2. The van der Waals surface area contributed by atoms with Crippen LogP contribution in [0.2, 0.25) is 0 Å². The highest BCUT2D eigenvalue weighted by Gasteiger charge is 2.24. The largest absolute Gasteiger partial charge is 0.508 e. The van der Waals surface area contributed by atoms with Crippen LogP contribution in [0.1, 0.15) is 37.8 Å². The summed E-state index contributed by atoms with van der Waals surface area (Å²) in [5, 5.41) is 15.6. The number of urea groups is 1. The van der Waals surface area contributed by atoms with Crippen molar-refractivity contribution in [1.29, 1.82) is 0 Å². The van der Waals surface area contributed by atoms with Gasteiger partial charge in [-0.25, -0.2) is 4.79 Å². The van der Waals surface area contributed by atoms with Crippen LogP contribution in [0.4, 0.5) is 4.79 Å². The van der Waals surface area contributed by atoms with Gasteiger partial charge in [0.25, 0.3) is 0 Å². The lowest BCUT2D eigenvalue weighted by atomic mass is 10.0. The molecule has 3 N–H and O–H groups in total. The van der Waals surface area contributed by atoms with E-state index in [0.717, 1.165) is 51.3 Å². The van der Waals surface area contributed by atoms with Crippen molar-refractivity contribution >= 4 is 6.03 Å². The summed E-state index contributed by atoms with van der Waals surface area (Å²) in [5.41, 5.74) is 0.892. The van der Waals surface area contributed by atoms with E-state index in [0.29, 0.717) is 5.92 Å². The SMILES string of the molecule is C[C@@H](NC(=O)NC1CCN(C[C@H]2CCOC2)CC1)c1cccc(O)c1. The minimum Gasteiger partial charge on any atom is -0.508 e. The molecule has 2 heterocycles. The van der Waals surface area contributed by atoms with Gasteiger partial charge in [0.05, 0.1) is 12.6 Å². The highest BCUT2D eigenvalue weighted by atomic mass is 16.5. The second-order valence-corrected chi connectivity index (χ2v) is 7.24. The van der Waals surface area contributed by atoms with Crippen LogP contribution in [-0.4, -0.2) is 54.9 Å². The van der Waals surface area contributed by atoms with E-state index in [9.17, 15) is 9.90 Å². The average molecular weight is 347 g/mol. The normalized spacial score (nSPS) is 23.3. The number of nitrogens with zero attached hydrogens (tertiary/aromatic N) is 1. The molecule has 0 radical (unpaired) electrons. The van der Waals surface area contributed by atoms with Crippen molar-refractivity contribution in [3.63, 3.8) is 0 Å². The number of phenols is 1. The predicted octanol–water partition coefficient (Wildman–Crippen LogP) is 2.25. The number of rotatable bonds is 5. The Hall–Kier alpha value is -1.79. The number of carbonyl (C=O) groups excluding carboxylic acids is 1. The van der Waals surface area contributed by atoms with Crippen molar-refractivity contribution in [1.82, 2.24) is 15.5 Å². The first kappa shape index (κ1) is 18.0. The van der Waals surface area contributed by atoms with Gasteiger partial charge in [0, 0.05) is 32.3 Å². The number of piperidine rings is 1. The van der Waals surface area contributed by atoms with Gasteiger partial charge in [0.15, 0.2) is 0 Å². The van der Waals surface area contributed by atoms with E-state index in [1.165, 1.54) is 6.42 Å². The van der Waals surface area contributed by atoms with E-state index in [1.54, 1.807) is 18.2 Å². The van der Waals surface area contributed by atoms with Gasteiger partial charge in [0.2, 0.25) is 0 Å². The molecule has 0 spiro atoms. The van der Waals surface area contributed by atoms with Gasteiger partial charge in [0.1, 0.15) is 5.75 Å². The second kappa shape index (κ2) is 8.54. The second-order valence-electron chi connectivity index (χ2n) is 7.24. The van der Waals surface area contributed by atoms with Crippen LogP contribution < -0.4 is 10.6 Å². The number of amides is 2. The zero-order valence-corrected chi connectivity index (χ0v) is 14.9. The minimum atomic E-state index is -0.144. The van der Waals surface area contributed by atoms with Crippen molar-refractivity contribution in [2.45, 2.75) is 38.3 Å². The first-order chi connectivity index (χ1) is 12.1. The van der Waals surface area contributed by atoms with Crippen LogP contribution >= 0.6 is 0 Å². The summed E-state index contributed by atoms with van der Waals surface area (Å²) in [6.07, 6.45) is 3.15. The molecule has 2 atom stereocenters. The van der Waals surface area contributed by atoms with Crippen molar-refractivity contribution in [2.24, 2.45) is 5.92 Å². The number of aromatic hydroxyl groups is 1. The van der Waals surface area contributed by atoms with Crippen LogP contribution in [0.25, 0.3) is 0 Å². The zero-order chi connectivity index (χ0) is 17.6. The molecule has 3 rings (SSSR count). The van der Waals surface area contributed by atoms with E-state index in [-0.39, 0.29) is 23.9 Å². The Bertz CT molecular complexity index is 567. The highest BCUT2D eigenvalue weighted by Crippen LogP contribution is 2.19. The quantitative estimate of drug-likeness (QED) is 0.764. The van der Waals surface area contributed by atoms with Crippen molar-refractivity contribution in [2.75, 3.05) is 32.8 Å². The smallest absolute Gasteiger partial charge is 0.315 e. The first-order valence-corrected chi connectivity index (χ1v) is 9.26. The Balaban J connectivity index is 1.38. The summed E-state index contributed by atoms with van der Waals surface area (Å²) in [7, 11) is 0. The molecule has 138 valence electrons. The van der Waals surface area contributed by atoms with Gasteiger partial charge in [-0.3, -0.25) is 0 Å². The molecule has 6 nitrogen and oxygen atoms in total. The summed E-state index contributed by atoms with van der Waals surface area (Å²) in [6, 6.07) is 6.93. The Morgan fingerprint density at radius 3 is 2.84 bits per heavy atom. The van der Waals surface area contributed by atoms with Gasteiger partial charge in [-0.2, -0.15) is 0 Å². The van der Waals surface area contributed by atoms with Crippen LogP contribution in [-0.2, 0) is 4.74 Å². The summed E-state index contributed by atoms with van der Waals surface area (Å²) < 4.78 is 5.45. The molecule has 1 aromatic rings. The zero-order valence-electron chi connectivity index (χ0n) is 14.9. The molecular formula is C19H29N3O3. The van der Waals surface area contributed by atoms with Crippen molar-refractivity contribution in [3.8, 4) is 5.75 Å². The molecule has 2 fully saturated rings. The van der Waals surface area contributed by atoms with Crippen LogP contribution in [0.5, 0.6) is 5.75 Å².